The van der Waals surface area contributed by atoms with Crippen molar-refractivity contribution in [3.8, 4) is 5.75 Å². The number of ether oxygens (including phenoxy) is 1. The number of hydrogen-bond acceptors (Lipinski definition) is 1. The summed E-state index contributed by atoms with van der Waals surface area (Å²) in [4.78, 5) is 0. The van der Waals surface area contributed by atoms with Gasteiger partial charge in [0, 0.05) is 0 Å². The molecule has 0 spiro atoms. The molecule has 0 N–H and O–H groups in total. The summed E-state index contributed by atoms with van der Waals surface area (Å²) in [5.41, 5.74) is 0. The molecule has 0 amide bonds. The van der Waals surface area contributed by atoms with Gasteiger partial charge in [0.15, 0.2) is 17.4 Å². The minimum atomic E-state index is -1.45. The summed E-state index contributed by atoms with van der Waals surface area (Å²) in [6.07, 6.45) is 18.6. The quantitative estimate of drug-likeness (QED) is 0.270. The van der Waals surface area contributed by atoms with Crippen LogP contribution in [-0.2, 0) is 0 Å². The fourth-order valence-electron chi connectivity index (χ4n) is 5.64. The van der Waals surface area contributed by atoms with Gasteiger partial charge in [0.1, 0.15) is 0 Å². The molecule has 2 aliphatic carbocycles. The summed E-state index contributed by atoms with van der Waals surface area (Å²) >= 11 is 0. The first-order valence-corrected chi connectivity index (χ1v) is 12.3. The molecule has 4 heteroatoms. The van der Waals surface area contributed by atoms with E-state index in [1.54, 1.807) is 0 Å². The average Bonchev–Trinajstić information content (AvgIpc) is 2.78. The van der Waals surface area contributed by atoms with Crippen LogP contribution in [-0.4, -0.2) is 6.61 Å². The Balaban J connectivity index is 1.32. The van der Waals surface area contributed by atoms with Crippen molar-refractivity contribution in [2.45, 2.75) is 96.8 Å². The monoisotopic (exact) mass is 424 g/mol. The van der Waals surface area contributed by atoms with Crippen LogP contribution in [0.5, 0.6) is 5.75 Å². The Bertz CT molecular complexity index is 631. The Hall–Kier alpha value is -1.19. The second kappa shape index (κ2) is 12.0. The Kier molecular flexibility index (Phi) is 9.39. The number of hydrogen-bond donors (Lipinski definition) is 0. The predicted molar refractivity (Wildman–Crippen MR) is 116 cm³/mol. The Morgan fingerprint density at radius 1 is 0.733 bits per heavy atom. The third-order valence-electron chi connectivity index (χ3n) is 7.64. The SMILES string of the molecule is CCCCCCC[C@H]1CC[C@H](C2CCC(COc3ccc(F)c(F)c3F)CC2)CC1. The summed E-state index contributed by atoms with van der Waals surface area (Å²) in [7, 11) is 0. The van der Waals surface area contributed by atoms with Crippen molar-refractivity contribution in [1.29, 1.82) is 0 Å². The van der Waals surface area contributed by atoms with Crippen LogP contribution >= 0.6 is 0 Å². The molecule has 3 rings (SSSR count). The molecule has 0 heterocycles. The molecule has 2 saturated carbocycles. The van der Waals surface area contributed by atoms with Gasteiger partial charge in [0.2, 0.25) is 5.82 Å². The first-order valence-electron chi connectivity index (χ1n) is 12.3. The van der Waals surface area contributed by atoms with Crippen LogP contribution in [0.4, 0.5) is 13.2 Å². The smallest absolute Gasteiger partial charge is 0.203 e. The molecule has 1 nitrogen and oxygen atoms in total. The van der Waals surface area contributed by atoms with E-state index in [-0.39, 0.29) is 5.75 Å². The van der Waals surface area contributed by atoms with Crippen LogP contribution in [0.15, 0.2) is 12.1 Å². The van der Waals surface area contributed by atoms with Gasteiger partial charge < -0.3 is 4.74 Å². The maximum atomic E-state index is 13.7. The molecule has 0 atom stereocenters. The average molecular weight is 425 g/mol. The molecule has 2 aliphatic rings. The standard InChI is InChI=1S/C26H39F3O/c1-2-3-4-5-6-7-19-8-12-21(13-9-19)22-14-10-20(11-15-22)18-30-24-17-16-23(27)25(28)26(24)29/h16-17,19-22H,2-15,18H2,1H3/t19-,20?,21-,22?. The summed E-state index contributed by atoms with van der Waals surface area (Å²) in [6.45, 7) is 2.66. The highest BCUT2D eigenvalue weighted by molar-refractivity contribution is 5.26. The lowest BCUT2D eigenvalue weighted by Crippen LogP contribution is -2.27. The van der Waals surface area contributed by atoms with Gasteiger partial charge in [-0.05, 0) is 74.3 Å². The van der Waals surface area contributed by atoms with Crippen molar-refractivity contribution in [1.82, 2.24) is 0 Å². The number of benzene rings is 1. The van der Waals surface area contributed by atoms with Gasteiger partial charge in [0.05, 0.1) is 6.61 Å². The van der Waals surface area contributed by atoms with E-state index in [0.717, 1.165) is 36.7 Å². The van der Waals surface area contributed by atoms with Crippen molar-refractivity contribution in [3.63, 3.8) is 0 Å². The van der Waals surface area contributed by atoms with Gasteiger partial charge in [-0.3, -0.25) is 0 Å². The predicted octanol–water partition coefficient (Wildman–Crippen LogP) is 8.46. The number of rotatable bonds is 10. The van der Waals surface area contributed by atoms with Crippen molar-refractivity contribution in [3.05, 3.63) is 29.6 Å². The van der Waals surface area contributed by atoms with Crippen molar-refractivity contribution >= 4 is 0 Å². The van der Waals surface area contributed by atoms with E-state index in [2.05, 4.69) is 6.92 Å². The molecule has 0 aliphatic heterocycles. The first-order chi connectivity index (χ1) is 14.6. The van der Waals surface area contributed by atoms with Crippen molar-refractivity contribution in [2.24, 2.45) is 23.7 Å². The zero-order valence-corrected chi connectivity index (χ0v) is 18.6. The fourth-order valence-corrected chi connectivity index (χ4v) is 5.64. The topological polar surface area (TPSA) is 9.23 Å². The second-order valence-corrected chi connectivity index (χ2v) is 9.75. The lowest BCUT2D eigenvalue weighted by molar-refractivity contribution is 0.120. The Labute approximate surface area is 180 Å². The maximum absolute atomic E-state index is 13.7. The van der Waals surface area contributed by atoms with Gasteiger partial charge >= 0.3 is 0 Å². The molecule has 2 fully saturated rings. The number of unbranched alkanes of at least 4 members (excludes halogenated alkanes) is 4. The first kappa shape index (κ1) is 23.5. The second-order valence-electron chi connectivity index (χ2n) is 9.75. The van der Waals surface area contributed by atoms with Gasteiger partial charge in [0.25, 0.3) is 0 Å². The minimum absolute atomic E-state index is 0.177. The molecule has 0 bridgehead atoms. The lowest BCUT2D eigenvalue weighted by atomic mass is 9.69. The summed E-state index contributed by atoms with van der Waals surface area (Å²) in [5.74, 6) is -0.973. The van der Waals surface area contributed by atoms with E-state index in [4.69, 9.17) is 4.74 Å². The van der Waals surface area contributed by atoms with Gasteiger partial charge in [-0.2, -0.15) is 4.39 Å². The van der Waals surface area contributed by atoms with Crippen LogP contribution in [0.1, 0.15) is 96.8 Å². The molecule has 30 heavy (non-hydrogen) atoms. The van der Waals surface area contributed by atoms with Crippen LogP contribution in [0.3, 0.4) is 0 Å². The summed E-state index contributed by atoms with van der Waals surface area (Å²) in [6, 6.07) is 2.10. The highest BCUT2D eigenvalue weighted by Gasteiger charge is 2.31. The molecule has 0 radical (unpaired) electrons. The minimum Gasteiger partial charge on any atom is -0.490 e. The molecular weight excluding hydrogens is 385 g/mol. The van der Waals surface area contributed by atoms with Gasteiger partial charge in [-0.1, -0.05) is 58.3 Å². The van der Waals surface area contributed by atoms with Crippen LogP contribution in [0.2, 0.25) is 0 Å². The molecular formula is C26H39F3O. The Morgan fingerprint density at radius 2 is 1.33 bits per heavy atom. The van der Waals surface area contributed by atoms with E-state index in [1.165, 1.54) is 83.1 Å². The van der Waals surface area contributed by atoms with Crippen molar-refractivity contribution < 1.29 is 17.9 Å². The van der Waals surface area contributed by atoms with Gasteiger partial charge in [-0.15, -0.1) is 0 Å². The molecule has 0 unspecified atom stereocenters. The molecule has 1 aromatic carbocycles. The Morgan fingerprint density at radius 3 is 1.97 bits per heavy atom. The highest BCUT2D eigenvalue weighted by atomic mass is 19.2. The number of halogens is 3. The molecule has 170 valence electrons. The van der Waals surface area contributed by atoms with E-state index in [1.807, 2.05) is 0 Å². The van der Waals surface area contributed by atoms with E-state index in [0.29, 0.717) is 12.5 Å². The van der Waals surface area contributed by atoms with Gasteiger partial charge in [-0.25, -0.2) is 8.78 Å². The van der Waals surface area contributed by atoms with E-state index >= 15 is 0 Å². The molecule has 0 aromatic heterocycles. The van der Waals surface area contributed by atoms with Crippen LogP contribution < -0.4 is 4.74 Å². The van der Waals surface area contributed by atoms with E-state index in [9.17, 15) is 13.2 Å². The maximum Gasteiger partial charge on any atom is 0.203 e. The van der Waals surface area contributed by atoms with Crippen LogP contribution in [0.25, 0.3) is 0 Å². The normalized spacial score (nSPS) is 27.2. The van der Waals surface area contributed by atoms with Crippen molar-refractivity contribution in [2.75, 3.05) is 6.61 Å². The van der Waals surface area contributed by atoms with E-state index < -0.39 is 17.5 Å². The highest BCUT2D eigenvalue weighted by Crippen LogP contribution is 2.42. The zero-order valence-electron chi connectivity index (χ0n) is 18.6. The molecule has 0 saturated heterocycles. The third-order valence-corrected chi connectivity index (χ3v) is 7.64. The zero-order chi connectivity index (χ0) is 21.3. The van der Waals surface area contributed by atoms with Crippen LogP contribution in [0, 0.1) is 41.1 Å². The fraction of sp³-hybridized carbons (Fsp3) is 0.769. The summed E-state index contributed by atoms with van der Waals surface area (Å²) in [5, 5.41) is 0. The lowest BCUT2D eigenvalue weighted by Gasteiger charge is -2.38. The largest absolute Gasteiger partial charge is 0.490 e. The summed E-state index contributed by atoms with van der Waals surface area (Å²) < 4.78 is 45.6. The molecule has 1 aromatic rings. The third kappa shape index (κ3) is 6.65.